The molecule has 0 nitrogen and oxygen atoms in total. The SMILES string of the molecule is BrCc1cc(I)cc2ccccc12. The lowest BCUT2D eigenvalue weighted by Crippen LogP contribution is -1.83. The van der Waals surface area contributed by atoms with Crippen molar-refractivity contribution >= 4 is 49.3 Å². The molecule has 66 valence electrons. The molecular weight excluding hydrogens is 339 g/mol. The van der Waals surface area contributed by atoms with Gasteiger partial charge in [0.05, 0.1) is 0 Å². The lowest BCUT2D eigenvalue weighted by molar-refractivity contribution is 1.47. The van der Waals surface area contributed by atoms with Gasteiger partial charge in [0.15, 0.2) is 0 Å². The molecule has 0 fully saturated rings. The minimum absolute atomic E-state index is 0.921. The Morgan fingerprint density at radius 2 is 1.92 bits per heavy atom. The lowest BCUT2D eigenvalue weighted by Gasteiger charge is -2.04. The molecule has 0 aliphatic carbocycles. The summed E-state index contributed by atoms with van der Waals surface area (Å²) in [6.07, 6.45) is 0. The van der Waals surface area contributed by atoms with E-state index in [9.17, 15) is 0 Å². The zero-order valence-corrected chi connectivity index (χ0v) is 10.7. The summed E-state index contributed by atoms with van der Waals surface area (Å²) >= 11 is 5.87. The third-order valence-corrected chi connectivity index (χ3v) is 3.28. The van der Waals surface area contributed by atoms with Crippen LogP contribution in [-0.2, 0) is 5.33 Å². The molecule has 2 aromatic rings. The van der Waals surface area contributed by atoms with Crippen LogP contribution in [0.2, 0.25) is 0 Å². The van der Waals surface area contributed by atoms with E-state index in [0.29, 0.717) is 0 Å². The molecule has 0 aliphatic rings. The van der Waals surface area contributed by atoms with E-state index >= 15 is 0 Å². The number of alkyl halides is 1. The van der Waals surface area contributed by atoms with Crippen LogP contribution < -0.4 is 0 Å². The van der Waals surface area contributed by atoms with Crippen LogP contribution in [0.1, 0.15) is 5.56 Å². The number of benzene rings is 2. The maximum absolute atomic E-state index is 3.51. The Morgan fingerprint density at radius 3 is 2.69 bits per heavy atom. The standard InChI is InChI=1S/C11H8BrI/c12-7-9-6-10(13)5-8-3-1-2-4-11(8)9/h1-6H,7H2. The fourth-order valence-corrected chi connectivity index (χ4v) is 2.64. The van der Waals surface area contributed by atoms with E-state index in [0.717, 1.165) is 5.33 Å². The Kier molecular flexibility index (Phi) is 2.89. The van der Waals surface area contributed by atoms with Gasteiger partial charge in [-0.05, 0) is 51.1 Å². The summed E-state index contributed by atoms with van der Waals surface area (Å²) in [5, 5.41) is 3.59. The summed E-state index contributed by atoms with van der Waals surface area (Å²) in [6.45, 7) is 0. The minimum atomic E-state index is 0.921. The van der Waals surface area contributed by atoms with Crippen molar-refractivity contribution in [2.45, 2.75) is 5.33 Å². The Morgan fingerprint density at radius 1 is 1.15 bits per heavy atom. The second kappa shape index (κ2) is 3.96. The van der Waals surface area contributed by atoms with Gasteiger partial charge in [-0.3, -0.25) is 0 Å². The highest BCUT2D eigenvalue weighted by molar-refractivity contribution is 14.1. The van der Waals surface area contributed by atoms with E-state index in [1.54, 1.807) is 0 Å². The zero-order chi connectivity index (χ0) is 9.26. The molecule has 0 N–H and O–H groups in total. The highest BCUT2D eigenvalue weighted by atomic mass is 127. The van der Waals surface area contributed by atoms with Crippen LogP contribution in [0.4, 0.5) is 0 Å². The molecule has 0 saturated heterocycles. The van der Waals surface area contributed by atoms with Crippen molar-refractivity contribution in [3.63, 3.8) is 0 Å². The van der Waals surface area contributed by atoms with E-state index in [2.05, 4.69) is 74.9 Å². The highest BCUT2D eigenvalue weighted by Crippen LogP contribution is 2.23. The predicted molar refractivity (Wildman–Crippen MR) is 69.3 cm³/mol. The molecule has 0 aromatic heterocycles. The molecule has 2 rings (SSSR count). The van der Waals surface area contributed by atoms with Gasteiger partial charge in [-0.15, -0.1) is 0 Å². The molecule has 0 atom stereocenters. The van der Waals surface area contributed by atoms with Crippen LogP contribution in [0.3, 0.4) is 0 Å². The van der Waals surface area contributed by atoms with E-state index in [-0.39, 0.29) is 0 Å². The molecule has 0 heterocycles. The Bertz CT molecular complexity index is 437. The summed E-state index contributed by atoms with van der Waals surface area (Å²) in [7, 11) is 0. The van der Waals surface area contributed by atoms with Crippen LogP contribution in [0.15, 0.2) is 36.4 Å². The van der Waals surface area contributed by atoms with Crippen LogP contribution in [-0.4, -0.2) is 0 Å². The Balaban J connectivity index is 2.81. The summed E-state index contributed by atoms with van der Waals surface area (Å²) in [5.74, 6) is 0. The molecule has 0 saturated carbocycles. The van der Waals surface area contributed by atoms with E-state index in [4.69, 9.17) is 0 Å². The van der Waals surface area contributed by atoms with Crippen molar-refractivity contribution in [1.29, 1.82) is 0 Å². The Labute approximate surface area is 99.6 Å². The molecule has 0 aliphatic heterocycles. The quantitative estimate of drug-likeness (QED) is 0.532. The van der Waals surface area contributed by atoms with Crippen molar-refractivity contribution in [2.75, 3.05) is 0 Å². The number of halogens is 2. The Hall–Kier alpha value is -0.0900. The number of rotatable bonds is 1. The first-order valence-corrected chi connectivity index (χ1v) is 6.24. The van der Waals surface area contributed by atoms with Gasteiger partial charge in [-0.2, -0.15) is 0 Å². The first kappa shape index (κ1) is 9.46. The molecule has 0 unspecified atom stereocenters. The van der Waals surface area contributed by atoms with Gasteiger partial charge in [0.2, 0.25) is 0 Å². The van der Waals surface area contributed by atoms with Crippen molar-refractivity contribution in [2.24, 2.45) is 0 Å². The van der Waals surface area contributed by atoms with Crippen molar-refractivity contribution < 1.29 is 0 Å². The number of hydrogen-bond donors (Lipinski definition) is 0. The maximum Gasteiger partial charge on any atom is 0.0289 e. The molecule has 0 amide bonds. The van der Waals surface area contributed by atoms with Gasteiger partial charge in [0.25, 0.3) is 0 Å². The van der Waals surface area contributed by atoms with E-state index < -0.39 is 0 Å². The van der Waals surface area contributed by atoms with Crippen molar-refractivity contribution in [3.8, 4) is 0 Å². The third kappa shape index (κ3) is 1.89. The zero-order valence-electron chi connectivity index (χ0n) is 6.93. The fourth-order valence-electron chi connectivity index (χ4n) is 1.46. The van der Waals surface area contributed by atoms with E-state index in [1.807, 2.05) is 0 Å². The van der Waals surface area contributed by atoms with Crippen molar-refractivity contribution in [1.82, 2.24) is 0 Å². The summed E-state index contributed by atoms with van der Waals surface area (Å²) in [5.41, 5.74) is 1.36. The van der Waals surface area contributed by atoms with Crippen LogP contribution in [0, 0.1) is 3.57 Å². The van der Waals surface area contributed by atoms with Crippen LogP contribution in [0.25, 0.3) is 10.8 Å². The molecule has 2 heteroatoms. The summed E-state index contributed by atoms with van der Waals surface area (Å²) < 4.78 is 1.30. The monoisotopic (exact) mass is 346 g/mol. The number of hydrogen-bond acceptors (Lipinski definition) is 0. The first-order chi connectivity index (χ1) is 6.31. The van der Waals surface area contributed by atoms with Gasteiger partial charge in [-0.25, -0.2) is 0 Å². The molecule has 0 spiro atoms. The smallest absolute Gasteiger partial charge is 0.0289 e. The molecular formula is C11H8BrI. The summed E-state index contributed by atoms with van der Waals surface area (Å²) in [4.78, 5) is 0. The summed E-state index contributed by atoms with van der Waals surface area (Å²) in [6, 6.07) is 12.9. The highest BCUT2D eigenvalue weighted by Gasteiger charge is 2.00. The first-order valence-electron chi connectivity index (χ1n) is 4.04. The lowest BCUT2D eigenvalue weighted by atomic mass is 10.1. The molecule has 2 aromatic carbocycles. The minimum Gasteiger partial charge on any atom is -0.0876 e. The maximum atomic E-state index is 3.51. The van der Waals surface area contributed by atoms with Gasteiger partial charge in [0.1, 0.15) is 0 Å². The van der Waals surface area contributed by atoms with Gasteiger partial charge in [-0.1, -0.05) is 40.2 Å². The van der Waals surface area contributed by atoms with Crippen LogP contribution in [0.5, 0.6) is 0 Å². The topological polar surface area (TPSA) is 0 Å². The van der Waals surface area contributed by atoms with Gasteiger partial charge >= 0.3 is 0 Å². The third-order valence-electron chi connectivity index (χ3n) is 2.06. The fraction of sp³-hybridized carbons (Fsp3) is 0.0909. The second-order valence-corrected chi connectivity index (χ2v) is 4.73. The van der Waals surface area contributed by atoms with Crippen molar-refractivity contribution in [3.05, 3.63) is 45.5 Å². The second-order valence-electron chi connectivity index (χ2n) is 2.92. The molecule has 13 heavy (non-hydrogen) atoms. The van der Waals surface area contributed by atoms with E-state index in [1.165, 1.54) is 19.9 Å². The largest absolute Gasteiger partial charge is 0.0876 e. The van der Waals surface area contributed by atoms with Crippen LogP contribution >= 0.6 is 38.5 Å². The average Bonchev–Trinajstić information content (AvgIpc) is 2.16. The normalized spacial score (nSPS) is 10.6. The molecule has 0 radical (unpaired) electrons. The average molecular weight is 347 g/mol. The van der Waals surface area contributed by atoms with Gasteiger partial charge in [0, 0.05) is 8.90 Å². The molecule has 0 bridgehead atoms. The number of fused-ring (bicyclic) bond motifs is 1. The predicted octanol–water partition coefficient (Wildman–Crippen LogP) is 4.34. The van der Waals surface area contributed by atoms with Gasteiger partial charge < -0.3 is 0 Å².